The second-order valence-electron chi connectivity index (χ2n) is 10.8. The first-order chi connectivity index (χ1) is 15.4. The second-order valence-corrected chi connectivity index (χ2v) is 10.8. The van der Waals surface area contributed by atoms with Gasteiger partial charge in [-0.15, -0.1) is 0 Å². The Bertz CT molecular complexity index is 1380. The lowest BCUT2D eigenvalue weighted by molar-refractivity contribution is 0.376. The van der Waals surface area contributed by atoms with Crippen LogP contribution in [0.5, 0.6) is 0 Å². The smallest absolute Gasteiger partial charge is 0.0786 e. The summed E-state index contributed by atoms with van der Waals surface area (Å²) in [6.07, 6.45) is 4.87. The van der Waals surface area contributed by atoms with Crippen LogP contribution >= 0.6 is 0 Å². The highest BCUT2D eigenvalue weighted by atomic mass is 14.7. The van der Waals surface area contributed by atoms with Crippen molar-refractivity contribution in [2.45, 2.75) is 59.3 Å². The first kappa shape index (κ1) is 19.7. The van der Waals surface area contributed by atoms with Gasteiger partial charge in [-0.25, -0.2) is 0 Å². The standard InChI is InChI=1S/C31H31N/c1-19-14-26-23-9-6-5-8-21(23)17-28(26)29(15-19)30-25-11-7-10-24(27(25)16-20(2)32-30)22-12-13-31(3,4)18-22/h5-11,14-16,22H,12-13,17-18H2,1-4H3. The Morgan fingerprint density at radius 3 is 2.47 bits per heavy atom. The molecule has 1 fully saturated rings. The van der Waals surface area contributed by atoms with Gasteiger partial charge in [-0.2, -0.15) is 0 Å². The minimum atomic E-state index is 0.445. The van der Waals surface area contributed by atoms with Crippen molar-refractivity contribution in [1.82, 2.24) is 4.98 Å². The zero-order chi connectivity index (χ0) is 22.0. The van der Waals surface area contributed by atoms with Crippen molar-refractivity contribution >= 4 is 10.8 Å². The maximum absolute atomic E-state index is 5.15. The predicted molar refractivity (Wildman–Crippen MR) is 135 cm³/mol. The lowest BCUT2D eigenvalue weighted by atomic mass is 9.86. The molecular formula is C31H31N. The van der Waals surface area contributed by atoms with E-state index in [1.807, 2.05) is 0 Å². The highest BCUT2D eigenvalue weighted by Crippen LogP contribution is 2.49. The van der Waals surface area contributed by atoms with Crippen LogP contribution in [-0.2, 0) is 6.42 Å². The average molecular weight is 418 g/mol. The summed E-state index contributed by atoms with van der Waals surface area (Å²) in [5, 5.41) is 2.71. The summed E-state index contributed by atoms with van der Waals surface area (Å²) in [5.74, 6) is 0.649. The van der Waals surface area contributed by atoms with Crippen molar-refractivity contribution in [3.05, 3.63) is 88.6 Å². The topological polar surface area (TPSA) is 12.9 Å². The van der Waals surface area contributed by atoms with Gasteiger partial charge in [0.1, 0.15) is 0 Å². The molecule has 1 unspecified atom stereocenters. The fourth-order valence-corrected chi connectivity index (χ4v) is 6.28. The lowest BCUT2D eigenvalue weighted by Crippen LogP contribution is -2.05. The third-order valence-electron chi connectivity index (χ3n) is 7.77. The molecule has 32 heavy (non-hydrogen) atoms. The van der Waals surface area contributed by atoms with Crippen LogP contribution in [-0.4, -0.2) is 4.98 Å². The van der Waals surface area contributed by atoms with Crippen LogP contribution in [0, 0.1) is 19.3 Å². The summed E-state index contributed by atoms with van der Waals surface area (Å²) in [5.41, 5.74) is 12.5. The Hall–Kier alpha value is -2.93. The van der Waals surface area contributed by atoms with Gasteiger partial charge in [-0.05, 0) is 102 Å². The summed E-state index contributed by atoms with van der Waals surface area (Å²) in [6.45, 7) is 9.21. The number of fused-ring (bicyclic) bond motifs is 4. The summed E-state index contributed by atoms with van der Waals surface area (Å²) in [7, 11) is 0. The zero-order valence-electron chi connectivity index (χ0n) is 19.6. The van der Waals surface area contributed by atoms with Gasteiger partial charge in [0.15, 0.2) is 0 Å². The van der Waals surface area contributed by atoms with E-state index in [0.717, 1.165) is 17.8 Å². The van der Waals surface area contributed by atoms with Crippen LogP contribution in [0.2, 0.25) is 0 Å². The number of benzene rings is 3. The van der Waals surface area contributed by atoms with E-state index in [1.54, 1.807) is 0 Å². The molecule has 1 heterocycles. The Morgan fingerprint density at radius 1 is 0.844 bits per heavy atom. The molecule has 3 aromatic carbocycles. The van der Waals surface area contributed by atoms with Crippen LogP contribution in [0.3, 0.4) is 0 Å². The largest absolute Gasteiger partial charge is 0.252 e. The fourth-order valence-electron chi connectivity index (χ4n) is 6.28. The highest BCUT2D eigenvalue weighted by molar-refractivity contribution is 5.99. The van der Waals surface area contributed by atoms with Gasteiger partial charge in [0.05, 0.1) is 5.69 Å². The van der Waals surface area contributed by atoms with E-state index < -0.39 is 0 Å². The Morgan fingerprint density at radius 2 is 1.66 bits per heavy atom. The minimum absolute atomic E-state index is 0.445. The number of hydrogen-bond donors (Lipinski definition) is 0. The molecule has 2 aliphatic carbocycles. The van der Waals surface area contributed by atoms with Gasteiger partial charge < -0.3 is 0 Å². The number of hydrogen-bond acceptors (Lipinski definition) is 1. The molecule has 2 aliphatic rings. The van der Waals surface area contributed by atoms with Crippen LogP contribution in [0.1, 0.15) is 67.0 Å². The van der Waals surface area contributed by atoms with Crippen molar-refractivity contribution < 1.29 is 0 Å². The fraction of sp³-hybridized carbons (Fsp3) is 0.323. The Kier molecular flexibility index (Phi) is 4.34. The first-order valence-electron chi connectivity index (χ1n) is 12.0. The normalized spacial score (nSPS) is 18.7. The number of nitrogens with zero attached hydrogens (tertiary/aromatic N) is 1. The first-order valence-corrected chi connectivity index (χ1v) is 12.0. The van der Waals surface area contributed by atoms with Crippen molar-refractivity contribution in [2.75, 3.05) is 0 Å². The summed E-state index contributed by atoms with van der Waals surface area (Å²) in [6, 6.07) is 22.8. The SMILES string of the molecule is Cc1cc2c(c(-c3nc(C)cc4c(C5CCC(C)(C)C5)cccc34)c1)Cc1ccccc1-2. The van der Waals surface area contributed by atoms with Gasteiger partial charge in [-0.1, -0.05) is 62.4 Å². The molecular weight excluding hydrogens is 386 g/mol. The number of rotatable bonds is 2. The van der Waals surface area contributed by atoms with E-state index in [-0.39, 0.29) is 0 Å². The summed E-state index contributed by atoms with van der Waals surface area (Å²) in [4.78, 5) is 5.15. The molecule has 1 atom stereocenters. The third kappa shape index (κ3) is 3.10. The average Bonchev–Trinajstić information content (AvgIpc) is 3.32. The maximum Gasteiger partial charge on any atom is 0.0786 e. The molecule has 1 nitrogen and oxygen atoms in total. The number of pyridine rings is 1. The molecule has 1 saturated carbocycles. The molecule has 4 aromatic rings. The Balaban J connectivity index is 1.58. The molecule has 0 spiro atoms. The van der Waals surface area contributed by atoms with Crippen LogP contribution in [0.25, 0.3) is 33.2 Å². The van der Waals surface area contributed by atoms with E-state index in [9.17, 15) is 0 Å². The van der Waals surface area contributed by atoms with E-state index in [1.165, 1.54) is 69.0 Å². The molecule has 0 aliphatic heterocycles. The quantitative estimate of drug-likeness (QED) is 0.281. The van der Waals surface area contributed by atoms with Gasteiger partial charge in [0.2, 0.25) is 0 Å². The molecule has 0 saturated heterocycles. The lowest BCUT2D eigenvalue weighted by Gasteiger charge is -2.20. The van der Waals surface area contributed by atoms with Crippen molar-refractivity contribution in [3.8, 4) is 22.4 Å². The van der Waals surface area contributed by atoms with Crippen LogP contribution in [0.4, 0.5) is 0 Å². The van der Waals surface area contributed by atoms with Gasteiger partial charge >= 0.3 is 0 Å². The molecule has 0 bridgehead atoms. The van der Waals surface area contributed by atoms with E-state index in [0.29, 0.717) is 11.3 Å². The molecule has 0 amide bonds. The second kappa shape index (κ2) is 7.04. The van der Waals surface area contributed by atoms with Crippen molar-refractivity contribution in [2.24, 2.45) is 5.41 Å². The van der Waals surface area contributed by atoms with Gasteiger partial charge in [-0.3, -0.25) is 4.98 Å². The zero-order valence-corrected chi connectivity index (χ0v) is 19.6. The third-order valence-corrected chi connectivity index (χ3v) is 7.77. The van der Waals surface area contributed by atoms with Crippen molar-refractivity contribution in [3.63, 3.8) is 0 Å². The molecule has 1 heteroatoms. The summed E-state index contributed by atoms with van der Waals surface area (Å²) >= 11 is 0. The molecule has 1 aromatic heterocycles. The van der Waals surface area contributed by atoms with Gasteiger partial charge in [0.25, 0.3) is 0 Å². The Labute approximate surface area is 191 Å². The molecule has 0 radical (unpaired) electrons. The highest BCUT2D eigenvalue weighted by Gasteiger charge is 2.33. The van der Waals surface area contributed by atoms with Gasteiger partial charge in [0, 0.05) is 16.6 Å². The summed E-state index contributed by atoms with van der Waals surface area (Å²) < 4.78 is 0. The maximum atomic E-state index is 5.15. The monoisotopic (exact) mass is 417 g/mol. The van der Waals surface area contributed by atoms with E-state index in [4.69, 9.17) is 4.98 Å². The van der Waals surface area contributed by atoms with Crippen LogP contribution < -0.4 is 0 Å². The van der Waals surface area contributed by atoms with E-state index >= 15 is 0 Å². The number of aromatic nitrogens is 1. The predicted octanol–water partition coefficient (Wildman–Crippen LogP) is 8.38. The van der Waals surface area contributed by atoms with E-state index in [2.05, 4.69) is 88.4 Å². The molecule has 160 valence electrons. The van der Waals surface area contributed by atoms with Crippen molar-refractivity contribution in [1.29, 1.82) is 0 Å². The minimum Gasteiger partial charge on any atom is -0.252 e. The number of aryl methyl sites for hydroxylation is 2. The molecule has 0 N–H and O–H groups in total. The molecule has 6 rings (SSSR count). The van der Waals surface area contributed by atoms with Crippen LogP contribution in [0.15, 0.2) is 60.7 Å².